The largest absolute Gasteiger partial charge is 0.344 e. The van der Waals surface area contributed by atoms with E-state index in [1.54, 1.807) is 10.9 Å². The van der Waals surface area contributed by atoms with Crippen molar-refractivity contribution in [2.75, 3.05) is 0 Å². The Bertz CT molecular complexity index is 617. The van der Waals surface area contributed by atoms with Gasteiger partial charge in [-0.05, 0) is 31.2 Å². The summed E-state index contributed by atoms with van der Waals surface area (Å²) < 4.78 is 1.80. The normalized spacial score (nSPS) is 16.6. The monoisotopic (exact) mass is 298 g/mol. The highest BCUT2D eigenvalue weighted by atomic mass is 16.2. The van der Waals surface area contributed by atoms with Gasteiger partial charge in [0.1, 0.15) is 0 Å². The zero-order valence-corrected chi connectivity index (χ0v) is 12.9. The molecule has 0 radical (unpaired) electrons. The molecule has 1 unspecified atom stereocenters. The number of rotatable bonds is 5. The summed E-state index contributed by atoms with van der Waals surface area (Å²) in [5, 5.41) is 11.1. The molecule has 0 spiro atoms. The van der Waals surface area contributed by atoms with Gasteiger partial charge in [-0.2, -0.15) is 0 Å². The SMILES string of the molecule is CC(NC(=O)c1cn(CC2CCCC2)nn1)c1ccccc1. The summed E-state index contributed by atoms with van der Waals surface area (Å²) in [5.41, 5.74) is 1.47. The summed E-state index contributed by atoms with van der Waals surface area (Å²) in [6.07, 6.45) is 6.88. The van der Waals surface area contributed by atoms with Crippen LogP contribution in [0.4, 0.5) is 0 Å². The molecule has 0 saturated heterocycles. The van der Waals surface area contributed by atoms with Crippen molar-refractivity contribution in [1.82, 2.24) is 20.3 Å². The van der Waals surface area contributed by atoms with E-state index in [2.05, 4.69) is 15.6 Å². The molecule has 5 heteroatoms. The molecule has 22 heavy (non-hydrogen) atoms. The maximum Gasteiger partial charge on any atom is 0.273 e. The summed E-state index contributed by atoms with van der Waals surface area (Å²) in [4.78, 5) is 12.3. The van der Waals surface area contributed by atoms with Gasteiger partial charge in [0.2, 0.25) is 0 Å². The number of carbonyl (C=O) groups excluding carboxylic acids is 1. The molecule has 1 aromatic carbocycles. The molecule has 5 nitrogen and oxygen atoms in total. The lowest BCUT2D eigenvalue weighted by Gasteiger charge is -2.12. The predicted octanol–water partition coefficient (Wildman–Crippen LogP) is 2.96. The predicted molar refractivity (Wildman–Crippen MR) is 84.3 cm³/mol. The van der Waals surface area contributed by atoms with Crippen molar-refractivity contribution in [3.63, 3.8) is 0 Å². The van der Waals surface area contributed by atoms with Crippen LogP contribution < -0.4 is 5.32 Å². The smallest absolute Gasteiger partial charge is 0.273 e. The molecule has 1 fully saturated rings. The average Bonchev–Trinajstić information content (AvgIpc) is 3.20. The molecule has 1 aromatic heterocycles. The van der Waals surface area contributed by atoms with Crippen molar-refractivity contribution in [3.05, 3.63) is 47.8 Å². The van der Waals surface area contributed by atoms with Crippen molar-refractivity contribution in [1.29, 1.82) is 0 Å². The molecule has 3 rings (SSSR count). The molecule has 116 valence electrons. The Morgan fingerprint density at radius 1 is 1.32 bits per heavy atom. The van der Waals surface area contributed by atoms with Gasteiger partial charge in [-0.25, -0.2) is 0 Å². The lowest BCUT2D eigenvalue weighted by molar-refractivity contribution is 0.0934. The van der Waals surface area contributed by atoms with Gasteiger partial charge < -0.3 is 5.32 Å². The molecule has 0 bridgehead atoms. The topological polar surface area (TPSA) is 59.8 Å². The first-order chi connectivity index (χ1) is 10.7. The Balaban J connectivity index is 1.59. The maximum atomic E-state index is 12.3. The number of nitrogens with one attached hydrogen (secondary N) is 1. The number of hydrogen-bond acceptors (Lipinski definition) is 3. The fraction of sp³-hybridized carbons (Fsp3) is 0.471. The molecular formula is C17H22N4O. The molecule has 2 aromatic rings. The van der Waals surface area contributed by atoms with Crippen LogP contribution in [0.1, 0.15) is 54.7 Å². The first-order valence-corrected chi connectivity index (χ1v) is 7.98. The minimum atomic E-state index is -0.172. The minimum Gasteiger partial charge on any atom is -0.344 e. The van der Waals surface area contributed by atoms with Gasteiger partial charge in [0.05, 0.1) is 12.2 Å². The summed E-state index contributed by atoms with van der Waals surface area (Å²) >= 11 is 0. The van der Waals surface area contributed by atoms with Crippen LogP contribution in [-0.4, -0.2) is 20.9 Å². The number of aromatic nitrogens is 3. The van der Waals surface area contributed by atoms with E-state index in [4.69, 9.17) is 0 Å². The van der Waals surface area contributed by atoms with E-state index in [0.29, 0.717) is 11.6 Å². The lowest BCUT2D eigenvalue weighted by atomic mass is 10.1. The van der Waals surface area contributed by atoms with Gasteiger partial charge >= 0.3 is 0 Å². The van der Waals surface area contributed by atoms with E-state index < -0.39 is 0 Å². The van der Waals surface area contributed by atoms with Crippen LogP contribution >= 0.6 is 0 Å². The highest BCUT2D eigenvalue weighted by Crippen LogP contribution is 2.25. The Labute approximate surface area is 130 Å². The van der Waals surface area contributed by atoms with E-state index in [1.165, 1.54) is 25.7 Å². The maximum absolute atomic E-state index is 12.3. The van der Waals surface area contributed by atoms with Gasteiger partial charge in [0, 0.05) is 6.54 Å². The van der Waals surface area contributed by atoms with Crippen LogP contribution in [0.2, 0.25) is 0 Å². The van der Waals surface area contributed by atoms with E-state index in [9.17, 15) is 4.79 Å². The first-order valence-electron chi connectivity index (χ1n) is 7.98. The second-order valence-electron chi connectivity index (χ2n) is 6.08. The molecule has 1 amide bonds. The average molecular weight is 298 g/mol. The Hall–Kier alpha value is -2.17. The molecule has 1 aliphatic carbocycles. The van der Waals surface area contributed by atoms with Gasteiger partial charge in [-0.1, -0.05) is 48.4 Å². The fourth-order valence-corrected chi connectivity index (χ4v) is 3.04. The van der Waals surface area contributed by atoms with Crippen LogP contribution in [0.3, 0.4) is 0 Å². The molecule has 0 aliphatic heterocycles. The second-order valence-corrected chi connectivity index (χ2v) is 6.08. The van der Waals surface area contributed by atoms with Crippen molar-refractivity contribution < 1.29 is 4.79 Å². The number of nitrogens with zero attached hydrogens (tertiary/aromatic N) is 3. The summed E-state index contributed by atoms with van der Waals surface area (Å²) in [7, 11) is 0. The fourth-order valence-electron chi connectivity index (χ4n) is 3.04. The van der Waals surface area contributed by atoms with Gasteiger partial charge in [0.25, 0.3) is 5.91 Å². The highest BCUT2D eigenvalue weighted by Gasteiger charge is 2.18. The van der Waals surface area contributed by atoms with Gasteiger partial charge in [0.15, 0.2) is 5.69 Å². The van der Waals surface area contributed by atoms with E-state index >= 15 is 0 Å². The standard InChI is InChI=1S/C17H22N4O/c1-13(15-9-3-2-4-10-15)18-17(22)16-12-21(20-19-16)11-14-7-5-6-8-14/h2-4,9-10,12-14H,5-8,11H2,1H3,(H,18,22). The van der Waals surface area contributed by atoms with Crippen molar-refractivity contribution in [3.8, 4) is 0 Å². The van der Waals surface area contributed by atoms with Gasteiger partial charge in [-0.3, -0.25) is 9.48 Å². The number of amides is 1. The third-order valence-corrected chi connectivity index (χ3v) is 4.34. The van der Waals surface area contributed by atoms with Crippen molar-refractivity contribution >= 4 is 5.91 Å². The highest BCUT2D eigenvalue weighted by molar-refractivity contribution is 5.92. The van der Waals surface area contributed by atoms with Crippen molar-refractivity contribution in [2.45, 2.75) is 45.2 Å². The molecule has 1 saturated carbocycles. The summed E-state index contributed by atoms with van der Waals surface area (Å²) in [5.74, 6) is 0.509. The molecular weight excluding hydrogens is 276 g/mol. The Morgan fingerprint density at radius 2 is 2.05 bits per heavy atom. The van der Waals surface area contributed by atoms with Crippen LogP contribution in [0.5, 0.6) is 0 Å². The molecule has 1 heterocycles. The molecule has 1 atom stereocenters. The minimum absolute atomic E-state index is 0.0475. The van der Waals surface area contributed by atoms with E-state index in [1.807, 2.05) is 37.3 Å². The van der Waals surface area contributed by atoms with Crippen LogP contribution in [0, 0.1) is 5.92 Å². The number of hydrogen-bond donors (Lipinski definition) is 1. The Kier molecular flexibility index (Phi) is 4.51. The molecule has 1 aliphatic rings. The van der Waals surface area contributed by atoms with Crippen LogP contribution in [-0.2, 0) is 6.54 Å². The number of carbonyl (C=O) groups is 1. The second kappa shape index (κ2) is 6.73. The third-order valence-electron chi connectivity index (χ3n) is 4.34. The van der Waals surface area contributed by atoms with Crippen molar-refractivity contribution in [2.24, 2.45) is 5.92 Å². The lowest BCUT2D eigenvalue weighted by Crippen LogP contribution is -2.26. The van der Waals surface area contributed by atoms with Gasteiger partial charge in [-0.15, -0.1) is 5.10 Å². The molecule has 1 N–H and O–H groups in total. The summed E-state index contributed by atoms with van der Waals surface area (Å²) in [6.45, 7) is 2.84. The van der Waals surface area contributed by atoms with E-state index in [0.717, 1.165) is 12.1 Å². The summed E-state index contributed by atoms with van der Waals surface area (Å²) in [6, 6.07) is 9.86. The van der Waals surface area contributed by atoms with Crippen LogP contribution in [0.15, 0.2) is 36.5 Å². The zero-order valence-electron chi connectivity index (χ0n) is 12.9. The zero-order chi connectivity index (χ0) is 15.4. The first kappa shape index (κ1) is 14.8. The van der Waals surface area contributed by atoms with Crippen LogP contribution in [0.25, 0.3) is 0 Å². The number of benzene rings is 1. The van der Waals surface area contributed by atoms with E-state index in [-0.39, 0.29) is 11.9 Å². The Morgan fingerprint density at radius 3 is 2.77 bits per heavy atom. The third kappa shape index (κ3) is 3.53. The quantitative estimate of drug-likeness (QED) is 0.923.